The number of furan rings is 1. The van der Waals surface area contributed by atoms with E-state index in [1.807, 2.05) is 30.9 Å². The maximum atomic E-state index is 12.3. The number of carbonyl (C=O) groups excluding carboxylic acids is 1. The second-order valence-corrected chi connectivity index (χ2v) is 7.24. The quantitative estimate of drug-likeness (QED) is 0.697. The van der Waals surface area contributed by atoms with Crippen LogP contribution in [0, 0.1) is 0 Å². The monoisotopic (exact) mass is 362 g/mol. The Balaban J connectivity index is 1.82. The van der Waals surface area contributed by atoms with Gasteiger partial charge in [-0.2, -0.15) is 0 Å². The van der Waals surface area contributed by atoms with Crippen LogP contribution in [0.15, 0.2) is 28.0 Å². The maximum absolute atomic E-state index is 12.3. The molecule has 0 aliphatic heterocycles. The molecule has 3 rings (SSSR count). The smallest absolute Gasteiger partial charge is 0.233 e. The zero-order valence-corrected chi connectivity index (χ0v) is 15.8. The second-order valence-electron chi connectivity index (χ2n) is 6.30. The summed E-state index contributed by atoms with van der Waals surface area (Å²) in [5.41, 5.74) is 0. The van der Waals surface area contributed by atoms with Crippen LogP contribution in [0.2, 0.25) is 0 Å². The van der Waals surface area contributed by atoms with E-state index in [0.29, 0.717) is 11.8 Å². The average Bonchev–Trinajstić information content (AvgIpc) is 3.31. The van der Waals surface area contributed by atoms with Crippen molar-refractivity contribution in [3.8, 4) is 11.6 Å². The highest BCUT2D eigenvalue weighted by Gasteiger charge is 2.25. The van der Waals surface area contributed by atoms with Crippen LogP contribution < -0.4 is 0 Å². The predicted molar refractivity (Wildman–Crippen MR) is 98.5 cm³/mol. The second kappa shape index (κ2) is 8.56. The van der Waals surface area contributed by atoms with E-state index in [1.165, 1.54) is 31.0 Å². The van der Waals surface area contributed by atoms with Gasteiger partial charge in [0.15, 0.2) is 10.9 Å². The van der Waals surface area contributed by atoms with Gasteiger partial charge in [-0.1, -0.05) is 31.0 Å². The summed E-state index contributed by atoms with van der Waals surface area (Å²) in [5, 5.41) is 9.56. The third-order valence-electron chi connectivity index (χ3n) is 4.79. The van der Waals surface area contributed by atoms with Gasteiger partial charge in [0.1, 0.15) is 0 Å². The van der Waals surface area contributed by atoms with Gasteiger partial charge in [0.25, 0.3) is 0 Å². The molecule has 0 atom stereocenters. The molecule has 0 radical (unpaired) electrons. The molecule has 1 saturated carbocycles. The van der Waals surface area contributed by atoms with Crippen LogP contribution in [-0.2, 0) is 4.79 Å². The molecule has 6 nitrogen and oxygen atoms in total. The average molecular weight is 362 g/mol. The molecule has 2 aromatic heterocycles. The van der Waals surface area contributed by atoms with Gasteiger partial charge >= 0.3 is 0 Å². The predicted octanol–water partition coefficient (Wildman–Crippen LogP) is 4.00. The zero-order valence-electron chi connectivity index (χ0n) is 15.0. The molecule has 136 valence electrons. The van der Waals surface area contributed by atoms with Crippen molar-refractivity contribution < 1.29 is 9.21 Å². The number of rotatable bonds is 7. The zero-order chi connectivity index (χ0) is 17.6. The van der Waals surface area contributed by atoms with Gasteiger partial charge in [0.2, 0.25) is 11.7 Å². The van der Waals surface area contributed by atoms with Crippen molar-refractivity contribution in [3.63, 3.8) is 0 Å². The number of nitrogens with zero attached hydrogens (tertiary/aromatic N) is 4. The first kappa shape index (κ1) is 18.0. The minimum Gasteiger partial charge on any atom is -0.461 e. The fourth-order valence-electron chi connectivity index (χ4n) is 3.41. The van der Waals surface area contributed by atoms with Crippen LogP contribution in [-0.4, -0.2) is 44.4 Å². The van der Waals surface area contributed by atoms with E-state index in [-0.39, 0.29) is 5.91 Å². The van der Waals surface area contributed by atoms with Crippen LogP contribution in [0.5, 0.6) is 0 Å². The summed E-state index contributed by atoms with van der Waals surface area (Å²) in [5.74, 6) is 2.05. The van der Waals surface area contributed by atoms with Crippen molar-refractivity contribution in [2.75, 3.05) is 18.8 Å². The Morgan fingerprint density at radius 2 is 2.04 bits per heavy atom. The Kier molecular flexibility index (Phi) is 6.18. The van der Waals surface area contributed by atoms with Gasteiger partial charge in [0, 0.05) is 19.1 Å². The summed E-state index contributed by atoms with van der Waals surface area (Å²) in [6, 6.07) is 4.17. The highest BCUT2D eigenvalue weighted by Crippen LogP contribution is 2.35. The summed E-state index contributed by atoms with van der Waals surface area (Å²) in [6.07, 6.45) is 7.65. The van der Waals surface area contributed by atoms with Crippen LogP contribution in [0.3, 0.4) is 0 Å². The Morgan fingerprint density at radius 1 is 1.28 bits per heavy atom. The normalized spacial score (nSPS) is 15.4. The van der Waals surface area contributed by atoms with Crippen LogP contribution >= 0.6 is 11.8 Å². The molecule has 0 aromatic carbocycles. The first-order chi connectivity index (χ1) is 12.2. The van der Waals surface area contributed by atoms with E-state index in [0.717, 1.165) is 42.7 Å². The molecule has 0 bridgehead atoms. The maximum Gasteiger partial charge on any atom is 0.233 e. The summed E-state index contributed by atoms with van der Waals surface area (Å²) in [6.45, 7) is 5.49. The topological polar surface area (TPSA) is 64.2 Å². The Labute approximate surface area is 153 Å². The summed E-state index contributed by atoms with van der Waals surface area (Å²) in [7, 11) is 0. The molecule has 1 aliphatic rings. The van der Waals surface area contributed by atoms with Crippen molar-refractivity contribution >= 4 is 17.7 Å². The SMILES string of the molecule is CCN(CC)C(=O)CSc1nnc(-c2ccco2)n1C1CCCCC1. The molecule has 7 heteroatoms. The summed E-state index contributed by atoms with van der Waals surface area (Å²) >= 11 is 1.48. The minimum atomic E-state index is 0.146. The molecule has 0 N–H and O–H groups in total. The number of amides is 1. The molecular formula is C18H26N4O2S. The fourth-order valence-corrected chi connectivity index (χ4v) is 4.32. The largest absolute Gasteiger partial charge is 0.461 e. The molecule has 25 heavy (non-hydrogen) atoms. The fraction of sp³-hybridized carbons (Fsp3) is 0.611. The summed E-state index contributed by atoms with van der Waals surface area (Å²) < 4.78 is 7.75. The number of carbonyl (C=O) groups is 1. The lowest BCUT2D eigenvalue weighted by Gasteiger charge is -2.25. The van der Waals surface area contributed by atoms with Crippen molar-refractivity contribution in [3.05, 3.63) is 18.4 Å². The van der Waals surface area contributed by atoms with Gasteiger partial charge in [-0.15, -0.1) is 10.2 Å². The molecule has 2 heterocycles. The van der Waals surface area contributed by atoms with Crippen molar-refractivity contribution in [1.29, 1.82) is 0 Å². The lowest BCUT2D eigenvalue weighted by Crippen LogP contribution is -2.32. The summed E-state index contributed by atoms with van der Waals surface area (Å²) in [4.78, 5) is 14.2. The van der Waals surface area contributed by atoms with Crippen molar-refractivity contribution in [2.24, 2.45) is 0 Å². The number of hydrogen-bond donors (Lipinski definition) is 0. The van der Waals surface area contributed by atoms with E-state index in [9.17, 15) is 4.79 Å². The van der Waals surface area contributed by atoms with E-state index < -0.39 is 0 Å². The number of thioether (sulfide) groups is 1. The third-order valence-corrected chi connectivity index (χ3v) is 5.71. The molecule has 1 amide bonds. The first-order valence-electron chi connectivity index (χ1n) is 9.14. The molecule has 1 fully saturated rings. The van der Waals surface area contributed by atoms with Gasteiger partial charge in [-0.25, -0.2) is 0 Å². The minimum absolute atomic E-state index is 0.146. The highest BCUT2D eigenvalue weighted by molar-refractivity contribution is 7.99. The van der Waals surface area contributed by atoms with E-state index in [2.05, 4.69) is 14.8 Å². The standard InChI is InChI=1S/C18H26N4O2S/c1-3-21(4-2)16(23)13-25-18-20-19-17(15-11-8-12-24-15)22(18)14-9-6-5-7-10-14/h8,11-12,14H,3-7,9-10,13H2,1-2H3. The van der Waals surface area contributed by atoms with Gasteiger partial charge in [-0.05, 0) is 38.8 Å². The van der Waals surface area contributed by atoms with Crippen LogP contribution in [0.4, 0.5) is 0 Å². The Hall–Kier alpha value is -1.76. The Bertz CT molecular complexity index is 673. The number of aromatic nitrogens is 3. The van der Waals surface area contributed by atoms with Crippen molar-refractivity contribution in [2.45, 2.75) is 57.1 Å². The van der Waals surface area contributed by atoms with E-state index in [4.69, 9.17) is 4.42 Å². The van der Waals surface area contributed by atoms with Gasteiger partial charge in [0.05, 0.1) is 12.0 Å². The lowest BCUT2D eigenvalue weighted by atomic mass is 9.95. The van der Waals surface area contributed by atoms with E-state index >= 15 is 0 Å². The molecule has 0 spiro atoms. The van der Waals surface area contributed by atoms with Crippen LogP contribution in [0.25, 0.3) is 11.6 Å². The van der Waals surface area contributed by atoms with Crippen molar-refractivity contribution in [1.82, 2.24) is 19.7 Å². The van der Waals surface area contributed by atoms with E-state index in [1.54, 1.807) is 6.26 Å². The highest BCUT2D eigenvalue weighted by atomic mass is 32.2. The third kappa shape index (κ3) is 4.08. The number of hydrogen-bond acceptors (Lipinski definition) is 5. The van der Waals surface area contributed by atoms with Gasteiger partial charge < -0.3 is 9.32 Å². The molecular weight excluding hydrogens is 336 g/mol. The molecule has 2 aromatic rings. The van der Waals surface area contributed by atoms with Gasteiger partial charge in [-0.3, -0.25) is 9.36 Å². The first-order valence-corrected chi connectivity index (χ1v) is 10.1. The van der Waals surface area contributed by atoms with Crippen LogP contribution in [0.1, 0.15) is 52.0 Å². The lowest BCUT2D eigenvalue weighted by molar-refractivity contribution is -0.127. The Morgan fingerprint density at radius 3 is 2.68 bits per heavy atom. The molecule has 0 saturated heterocycles. The molecule has 1 aliphatic carbocycles. The molecule has 0 unspecified atom stereocenters.